The summed E-state index contributed by atoms with van der Waals surface area (Å²) in [4.78, 5) is 21.2. The molecular formula is C19H21FN3OS2+. The lowest BCUT2D eigenvalue weighted by molar-refractivity contribution is -0.856. The van der Waals surface area contributed by atoms with Gasteiger partial charge in [-0.05, 0) is 24.3 Å². The number of benzene rings is 2. The predicted molar refractivity (Wildman–Crippen MR) is 107 cm³/mol. The largest absolute Gasteiger partial charge is 0.338 e. The molecule has 0 aliphatic carbocycles. The van der Waals surface area contributed by atoms with Gasteiger partial charge >= 0.3 is 0 Å². The molecule has 1 heterocycles. The number of quaternary nitrogens is 1. The number of hydrogen-bond acceptors (Lipinski definition) is 4. The normalized spacial score (nSPS) is 11.2. The van der Waals surface area contributed by atoms with Gasteiger partial charge in [0.2, 0.25) is 5.91 Å². The third-order valence-electron chi connectivity index (χ3n) is 3.83. The Hall–Kier alpha value is -1.96. The third-order valence-corrected chi connectivity index (χ3v) is 5.87. The number of amides is 1. The highest BCUT2D eigenvalue weighted by Gasteiger charge is 2.21. The van der Waals surface area contributed by atoms with Crippen molar-refractivity contribution >= 4 is 44.4 Å². The SMILES string of the molecule is C[NH+](C)CCN(C(=O)CSc1ccccc1)c1nc2c(F)cccc2s1. The molecule has 7 heteroatoms. The van der Waals surface area contributed by atoms with Crippen LogP contribution >= 0.6 is 23.1 Å². The summed E-state index contributed by atoms with van der Waals surface area (Å²) in [5.74, 6) is -0.0422. The minimum Gasteiger partial charge on any atom is -0.338 e. The molecule has 136 valence electrons. The molecule has 1 N–H and O–H groups in total. The molecule has 0 aliphatic rings. The first-order chi connectivity index (χ1) is 12.5. The van der Waals surface area contributed by atoms with Crippen LogP contribution in [0.4, 0.5) is 9.52 Å². The van der Waals surface area contributed by atoms with E-state index in [0.29, 0.717) is 22.9 Å². The van der Waals surface area contributed by atoms with Crippen LogP contribution in [0, 0.1) is 5.82 Å². The first-order valence-electron chi connectivity index (χ1n) is 8.37. The molecule has 0 spiro atoms. The van der Waals surface area contributed by atoms with Crippen LogP contribution < -0.4 is 9.80 Å². The van der Waals surface area contributed by atoms with Crippen LogP contribution in [-0.2, 0) is 4.79 Å². The lowest BCUT2D eigenvalue weighted by Crippen LogP contribution is -3.06. The van der Waals surface area contributed by atoms with Gasteiger partial charge < -0.3 is 4.90 Å². The van der Waals surface area contributed by atoms with E-state index in [2.05, 4.69) is 4.98 Å². The number of rotatable bonds is 7. The van der Waals surface area contributed by atoms with Gasteiger partial charge in [0.25, 0.3) is 0 Å². The number of nitrogens with one attached hydrogen (secondary N) is 1. The maximum atomic E-state index is 14.0. The van der Waals surface area contributed by atoms with Gasteiger partial charge in [0.1, 0.15) is 11.3 Å². The van der Waals surface area contributed by atoms with Crippen LogP contribution in [-0.4, -0.2) is 43.8 Å². The van der Waals surface area contributed by atoms with Gasteiger partial charge in [-0.1, -0.05) is 35.6 Å². The van der Waals surface area contributed by atoms with Gasteiger partial charge in [-0.2, -0.15) is 0 Å². The molecule has 0 unspecified atom stereocenters. The van der Waals surface area contributed by atoms with Crippen LogP contribution in [0.25, 0.3) is 10.2 Å². The Morgan fingerprint density at radius 3 is 2.65 bits per heavy atom. The number of nitrogens with zero attached hydrogens (tertiary/aromatic N) is 2. The van der Waals surface area contributed by atoms with Gasteiger partial charge in [-0.25, -0.2) is 9.37 Å². The number of carbonyl (C=O) groups is 1. The van der Waals surface area contributed by atoms with Gasteiger partial charge in [0, 0.05) is 4.90 Å². The molecule has 1 aromatic heterocycles. The van der Waals surface area contributed by atoms with Crippen LogP contribution in [0.1, 0.15) is 0 Å². The zero-order valence-electron chi connectivity index (χ0n) is 14.7. The summed E-state index contributed by atoms with van der Waals surface area (Å²) in [6.45, 7) is 1.35. The van der Waals surface area contributed by atoms with Crippen LogP contribution in [0.3, 0.4) is 0 Å². The summed E-state index contributed by atoms with van der Waals surface area (Å²) in [6, 6.07) is 14.7. The monoisotopic (exact) mass is 390 g/mol. The van der Waals surface area contributed by atoms with Crippen molar-refractivity contribution in [1.29, 1.82) is 0 Å². The fourth-order valence-electron chi connectivity index (χ4n) is 2.42. The second-order valence-corrected chi connectivity index (χ2v) is 8.25. The zero-order valence-corrected chi connectivity index (χ0v) is 16.4. The minimum absolute atomic E-state index is 0.0143. The summed E-state index contributed by atoms with van der Waals surface area (Å²) in [7, 11) is 4.08. The topological polar surface area (TPSA) is 37.6 Å². The summed E-state index contributed by atoms with van der Waals surface area (Å²) < 4.78 is 14.7. The number of thiazole rings is 1. The van der Waals surface area contributed by atoms with Crippen LogP contribution in [0.15, 0.2) is 53.4 Å². The molecule has 0 saturated carbocycles. The number of hydrogen-bond donors (Lipinski definition) is 1. The van der Waals surface area contributed by atoms with Crippen molar-refractivity contribution in [2.24, 2.45) is 0 Å². The van der Waals surface area contributed by atoms with E-state index >= 15 is 0 Å². The van der Waals surface area contributed by atoms with E-state index in [-0.39, 0.29) is 11.7 Å². The molecule has 0 saturated heterocycles. The molecule has 3 aromatic rings. The number of carbonyl (C=O) groups excluding carboxylic acids is 1. The zero-order chi connectivity index (χ0) is 18.5. The Balaban J connectivity index is 1.81. The average molecular weight is 391 g/mol. The number of aromatic nitrogens is 1. The third kappa shape index (κ3) is 4.60. The second kappa shape index (κ2) is 8.62. The smallest absolute Gasteiger partial charge is 0.239 e. The molecule has 0 bridgehead atoms. The molecular weight excluding hydrogens is 369 g/mol. The minimum atomic E-state index is -0.353. The standard InChI is InChI=1S/C19H20FN3OS2/c1-22(2)11-12-23(17(24)13-25-14-7-4-3-5-8-14)19-21-18-15(20)9-6-10-16(18)26-19/h3-10H,11-13H2,1-2H3/p+1. The quantitative estimate of drug-likeness (QED) is 0.631. The molecule has 0 radical (unpaired) electrons. The predicted octanol–water partition coefficient (Wildman–Crippen LogP) is 2.71. The van der Waals surface area contributed by atoms with Crippen molar-refractivity contribution in [2.45, 2.75) is 4.90 Å². The number of halogens is 1. The number of likely N-dealkylation sites (N-methyl/N-ethyl adjacent to an activating group) is 1. The van der Waals surface area contributed by atoms with Crippen molar-refractivity contribution < 1.29 is 14.1 Å². The van der Waals surface area contributed by atoms with Crippen molar-refractivity contribution in [1.82, 2.24) is 4.98 Å². The lowest BCUT2D eigenvalue weighted by atomic mass is 10.3. The van der Waals surface area contributed by atoms with Gasteiger partial charge in [-0.3, -0.25) is 9.69 Å². The van der Waals surface area contributed by atoms with Gasteiger partial charge in [0.05, 0.1) is 37.6 Å². The Labute approximate surface area is 160 Å². The second-order valence-electron chi connectivity index (χ2n) is 6.19. The highest BCUT2D eigenvalue weighted by Crippen LogP contribution is 2.30. The van der Waals surface area contributed by atoms with E-state index < -0.39 is 0 Å². The fourth-order valence-corrected chi connectivity index (χ4v) is 4.24. The Morgan fingerprint density at radius 2 is 1.96 bits per heavy atom. The molecule has 26 heavy (non-hydrogen) atoms. The van der Waals surface area contributed by atoms with Gasteiger partial charge in [0.15, 0.2) is 5.13 Å². The maximum absolute atomic E-state index is 14.0. The first kappa shape index (κ1) is 18.8. The molecule has 4 nitrogen and oxygen atoms in total. The number of anilines is 1. The Morgan fingerprint density at radius 1 is 1.19 bits per heavy atom. The fraction of sp³-hybridized carbons (Fsp3) is 0.263. The Kier molecular flexibility index (Phi) is 6.24. The van der Waals surface area contributed by atoms with E-state index in [9.17, 15) is 9.18 Å². The summed E-state index contributed by atoms with van der Waals surface area (Å²) in [6.07, 6.45) is 0. The summed E-state index contributed by atoms with van der Waals surface area (Å²) in [5, 5.41) is 0.560. The van der Waals surface area contributed by atoms with Crippen molar-refractivity contribution in [3.05, 3.63) is 54.3 Å². The van der Waals surface area contributed by atoms with Crippen molar-refractivity contribution in [2.75, 3.05) is 37.8 Å². The molecule has 2 aromatic carbocycles. The molecule has 0 fully saturated rings. The van der Waals surface area contributed by atoms with Crippen molar-refractivity contribution in [3.63, 3.8) is 0 Å². The highest BCUT2D eigenvalue weighted by molar-refractivity contribution is 8.00. The number of fused-ring (bicyclic) bond motifs is 1. The Bertz CT molecular complexity index is 883. The van der Waals surface area contributed by atoms with Crippen molar-refractivity contribution in [3.8, 4) is 0 Å². The van der Waals surface area contributed by atoms with Crippen LogP contribution in [0.2, 0.25) is 0 Å². The number of thioether (sulfide) groups is 1. The average Bonchev–Trinajstić information content (AvgIpc) is 3.06. The number of para-hydroxylation sites is 1. The van der Waals surface area contributed by atoms with E-state index in [1.54, 1.807) is 11.0 Å². The van der Waals surface area contributed by atoms with E-state index in [1.165, 1.54) is 34.1 Å². The molecule has 1 amide bonds. The molecule has 0 aliphatic heterocycles. The maximum Gasteiger partial charge on any atom is 0.239 e. The first-order valence-corrected chi connectivity index (χ1v) is 10.2. The van der Waals surface area contributed by atoms with E-state index in [0.717, 1.165) is 16.1 Å². The van der Waals surface area contributed by atoms with E-state index in [1.807, 2.05) is 50.5 Å². The van der Waals surface area contributed by atoms with E-state index in [4.69, 9.17) is 0 Å². The highest BCUT2D eigenvalue weighted by atomic mass is 32.2. The van der Waals surface area contributed by atoms with Crippen LogP contribution in [0.5, 0.6) is 0 Å². The molecule has 3 rings (SSSR count). The van der Waals surface area contributed by atoms with Gasteiger partial charge in [-0.15, -0.1) is 11.8 Å². The lowest BCUT2D eigenvalue weighted by Gasteiger charge is -2.20. The molecule has 0 atom stereocenters. The summed E-state index contributed by atoms with van der Waals surface area (Å²) in [5.41, 5.74) is 0.332. The summed E-state index contributed by atoms with van der Waals surface area (Å²) >= 11 is 2.86.